The maximum Gasteiger partial charge on any atom is 0.279 e. The van der Waals surface area contributed by atoms with Gasteiger partial charge in [0.05, 0.1) is 16.6 Å². The zero-order chi connectivity index (χ0) is 19.7. The fourth-order valence-electron chi connectivity index (χ4n) is 3.31. The number of hydrazone groups is 1. The largest absolute Gasteiger partial charge is 0.279 e. The molecule has 0 aromatic heterocycles. The summed E-state index contributed by atoms with van der Waals surface area (Å²) in [5.74, 6) is 0. The maximum atomic E-state index is 13.4. The van der Waals surface area contributed by atoms with Crippen LogP contribution in [-0.4, -0.2) is 18.5 Å². The zero-order valence-electron chi connectivity index (χ0n) is 15.3. The lowest BCUT2D eigenvalue weighted by atomic mass is 9.99. The van der Waals surface area contributed by atoms with Crippen molar-refractivity contribution in [3.63, 3.8) is 0 Å². The Morgan fingerprint density at radius 1 is 0.929 bits per heavy atom. The van der Waals surface area contributed by atoms with E-state index in [2.05, 4.69) is 5.10 Å². The molecule has 0 saturated heterocycles. The zero-order valence-corrected chi connectivity index (χ0v) is 16.9. The van der Waals surface area contributed by atoms with E-state index in [1.54, 1.807) is 30.3 Å². The quantitative estimate of drug-likeness (QED) is 0.594. The molecule has 0 unspecified atom stereocenters. The number of hydrogen-bond donors (Lipinski definition) is 0. The average molecular weight is 411 g/mol. The van der Waals surface area contributed by atoms with Crippen molar-refractivity contribution in [2.24, 2.45) is 5.10 Å². The van der Waals surface area contributed by atoms with Crippen molar-refractivity contribution in [3.05, 3.63) is 101 Å². The Balaban J connectivity index is 1.82. The van der Waals surface area contributed by atoms with Crippen molar-refractivity contribution in [2.75, 3.05) is 0 Å². The molecular formula is C22H19ClN2O2S. The average Bonchev–Trinajstić information content (AvgIpc) is 3.15. The van der Waals surface area contributed by atoms with E-state index >= 15 is 0 Å². The van der Waals surface area contributed by atoms with Crippen LogP contribution in [0.2, 0.25) is 5.02 Å². The molecule has 6 heteroatoms. The SMILES string of the molecule is Cc1ccc(S(=O)(=O)N2N=C(c3ccccc3Cl)C[C@@H]2c2ccccc2)cc1. The molecule has 0 saturated carbocycles. The Hall–Kier alpha value is -2.63. The van der Waals surface area contributed by atoms with E-state index in [0.717, 1.165) is 16.7 Å². The topological polar surface area (TPSA) is 49.7 Å². The van der Waals surface area contributed by atoms with Gasteiger partial charge in [0.1, 0.15) is 0 Å². The van der Waals surface area contributed by atoms with Crippen LogP contribution in [0.1, 0.15) is 29.2 Å². The highest BCUT2D eigenvalue weighted by molar-refractivity contribution is 7.89. The highest BCUT2D eigenvalue weighted by atomic mass is 35.5. The van der Waals surface area contributed by atoms with Gasteiger partial charge in [-0.2, -0.15) is 17.9 Å². The van der Waals surface area contributed by atoms with Gasteiger partial charge in [-0.1, -0.05) is 77.8 Å². The third-order valence-electron chi connectivity index (χ3n) is 4.81. The predicted octanol–water partition coefficient (Wildman–Crippen LogP) is 5.19. The third kappa shape index (κ3) is 3.43. The molecule has 0 amide bonds. The first kappa shape index (κ1) is 18.7. The fraction of sp³-hybridized carbons (Fsp3) is 0.136. The summed E-state index contributed by atoms with van der Waals surface area (Å²) in [6, 6.07) is 23.3. The molecule has 4 rings (SSSR count). The van der Waals surface area contributed by atoms with E-state index in [4.69, 9.17) is 11.6 Å². The number of nitrogens with zero attached hydrogens (tertiary/aromatic N) is 2. The molecule has 4 nitrogen and oxygen atoms in total. The summed E-state index contributed by atoms with van der Waals surface area (Å²) < 4.78 is 28.0. The first-order chi connectivity index (χ1) is 13.5. The molecule has 0 fully saturated rings. The Morgan fingerprint density at radius 3 is 2.25 bits per heavy atom. The van der Waals surface area contributed by atoms with Gasteiger partial charge < -0.3 is 0 Å². The molecular weight excluding hydrogens is 392 g/mol. The van der Waals surface area contributed by atoms with Crippen LogP contribution >= 0.6 is 11.6 Å². The Morgan fingerprint density at radius 2 is 1.57 bits per heavy atom. The van der Waals surface area contributed by atoms with Gasteiger partial charge in [-0.05, 0) is 30.7 Å². The first-order valence-electron chi connectivity index (χ1n) is 8.95. The lowest BCUT2D eigenvalue weighted by molar-refractivity contribution is 0.371. The highest BCUT2D eigenvalue weighted by Gasteiger charge is 2.38. The van der Waals surface area contributed by atoms with Crippen LogP contribution < -0.4 is 0 Å². The summed E-state index contributed by atoms with van der Waals surface area (Å²) in [6.45, 7) is 1.92. The third-order valence-corrected chi connectivity index (χ3v) is 6.83. The van der Waals surface area contributed by atoms with E-state index in [1.807, 2.05) is 55.5 Å². The monoisotopic (exact) mass is 410 g/mol. The highest BCUT2D eigenvalue weighted by Crippen LogP contribution is 2.38. The number of benzene rings is 3. The van der Waals surface area contributed by atoms with Crippen LogP contribution in [0.25, 0.3) is 0 Å². The van der Waals surface area contributed by atoms with E-state index in [0.29, 0.717) is 17.2 Å². The van der Waals surface area contributed by atoms with Crippen molar-refractivity contribution in [3.8, 4) is 0 Å². The summed E-state index contributed by atoms with van der Waals surface area (Å²) in [7, 11) is -3.80. The van der Waals surface area contributed by atoms with Crippen molar-refractivity contribution in [1.82, 2.24) is 4.41 Å². The molecule has 3 aromatic rings. The second kappa shape index (κ2) is 7.41. The second-order valence-electron chi connectivity index (χ2n) is 6.75. The molecule has 3 aromatic carbocycles. The van der Waals surface area contributed by atoms with Crippen molar-refractivity contribution >= 4 is 27.3 Å². The molecule has 1 aliphatic rings. The van der Waals surface area contributed by atoms with Gasteiger partial charge in [0.2, 0.25) is 0 Å². The van der Waals surface area contributed by atoms with Crippen LogP contribution in [0.15, 0.2) is 88.9 Å². The van der Waals surface area contributed by atoms with Crippen molar-refractivity contribution in [1.29, 1.82) is 0 Å². The summed E-state index contributed by atoms with van der Waals surface area (Å²) in [5, 5.41) is 5.08. The summed E-state index contributed by atoms with van der Waals surface area (Å²) in [4.78, 5) is 0.225. The summed E-state index contributed by atoms with van der Waals surface area (Å²) >= 11 is 6.35. The molecule has 0 spiro atoms. The summed E-state index contributed by atoms with van der Waals surface area (Å²) in [6.07, 6.45) is 0.457. The Kier molecular flexibility index (Phi) is 4.96. The normalized spacial score (nSPS) is 16.9. The maximum absolute atomic E-state index is 13.4. The van der Waals surface area contributed by atoms with Gasteiger partial charge >= 0.3 is 0 Å². The number of rotatable bonds is 4. The standard InChI is InChI=1S/C22H19ClN2O2S/c1-16-11-13-18(14-12-16)28(26,27)25-22(17-7-3-2-4-8-17)15-21(24-25)19-9-5-6-10-20(19)23/h2-14,22H,15H2,1H3/t22-/m1/s1. The number of halogens is 1. The molecule has 0 aliphatic carbocycles. The van der Waals surface area contributed by atoms with Crippen LogP contribution in [0.4, 0.5) is 0 Å². The van der Waals surface area contributed by atoms with E-state index in [-0.39, 0.29) is 4.90 Å². The number of aryl methyl sites for hydroxylation is 1. The second-order valence-corrected chi connectivity index (χ2v) is 8.95. The molecule has 142 valence electrons. The van der Waals surface area contributed by atoms with Gasteiger partial charge in [0.25, 0.3) is 10.0 Å². The molecule has 0 N–H and O–H groups in total. The van der Waals surface area contributed by atoms with Gasteiger partial charge in [0.15, 0.2) is 0 Å². The smallest absolute Gasteiger partial charge is 0.200 e. The van der Waals surface area contributed by atoms with Gasteiger partial charge in [-0.15, -0.1) is 0 Å². The molecule has 28 heavy (non-hydrogen) atoms. The number of hydrogen-bond acceptors (Lipinski definition) is 3. The first-order valence-corrected chi connectivity index (χ1v) is 10.8. The molecule has 1 heterocycles. The van der Waals surface area contributed by atoms with Crippen LogP contribution in [0.5, 0.6) is 0 Å². The minimum absolute atomic E-state index is 0.225. The Labute approximate surface area is 170 Å². The van der Waals surface area contributed by atoms with Crippen molar-refractivity contribution in [2.45, 2.75) is 24.3 Å². The number of sulfonamides is 1. The van der Waals surface area contributed by atoms with Gasteiger partial charge in [-0.3, -0.25) is 0 Å². The minimum atomic E-state index is -3.80. The van der Waals surface area contributed by atoms with E-state index in [1.165, 1.54) is 4.41 Å². The van der Waals surface area contributed by atoms with Gasteiger partial charge in [0, 0.05) is 17.0 Å². The summed E-state index contributed by atoms with van der Waals surface area (Å²) in [5.41, 5.74) is 3.31. The molecule has 0 radical (unpaired) electrons. The van der Waals surface area contributed by atoms with Crippen LogP contribution in [0.3, 0.4) is 0 Å². The predicted molar refractivity (Wildman–Crippen MR) is 112 cm³/mol. The van der Waals surface area contributed by atoms with E-state index in [9.17, 15) is 8.42 Å². The van der Waals surface area contributed by atoms with Crippen molar-refractivity contribution < 1.29 is 8.42 Å². The van der Waals surface area contributed by atoms with E-state index < -0.39 is 16.1 Å². The molecule has 1 atom stereocenters. The lowest BCUT2D eigenvalue weighted by Crippen LogP contribution is -2.27. The molecule has 0 bridgehead atoms. The minimum Gasteiger partial charge on any atom is -0.200 e. The van der Waals surface area contributed by atoms with Gasteiger partial charge in [-0.25, -0.2) is 0 Å². The van der Waals surface area contributed by atoms with Crippen LogP contribution in [-0.2, 0) is 10.0 Å². The fourth-order valence-corrected chi connectivity index (χ4v) is 4.99. The Bertz CT molecular complexity index is 1130. The lowest BCUT2D eigenvalue weighted by Gasteiger charge is -2.23. The van der Waals surface area contributed by atoms with Crippen LogP contribution in [0, 0.1) is 6.92 Å². The molecule has 1 aliphatic heterocycles.